The molecule has 0 radical (unpaired) electrons. The topological polar surface area (TPSA) is 25.8 Å². The summed E-state index contributed by atoms with van der Waals surface area (Å²) in [6.07, 6.45) is 5.78. The lowest BCUT2D eigenvalue weighted by molar-refractivity contribution is 1.01. The molecule has 1 aromatic rings. The number of hydrogen-bond acceptors (Lipinski definition) is 2. The first-order chi connectivity index (χ1) is 5.86. The van der Waals surface area contributed by atoms with Gasteiger partial charge in [-0.2, -0.15) is 10.9 Å². The van der Waals surface area contributed by atoms with Gasteiger partial charge in [-0.25, -0.2) is 9.97 Å². The minimum atomic E-state index is -0.269. The standard InChI is InChI=1S/C9H10N2S/c1-8-6-9(11-7-10-8)12-4-2-3-5-12/h2-7,12H,1H3. The van der Waals surface area contributed by atoms with E-state index in [9.17, 15) is 0 Å². The van der Waals surface area contributed by atoms with Crippen molar-refractivity contribution in [1.82, 2.24) is 9.97 Å². The van der Waals surface area contributed by atoms with Crippen LogP contribution in [0.4, 0.5) is 0 Å². The summed E-state index contributed by atoms with van der Waals surface area (Å²) in [7, 11) is -0.269. The highest BCUT2D eigenvalue weighted by atomic mass is 32.2. The first-order valence-corrected chi connectivity index (χ1v) is 5.26. The van der Waals surface area contributed by atoms with Crippen molar-refractivity contribution in [3.05, 3.63) is 41.1 Å². The third-order valence-electron chi connectivity index (χ3n) is 1.66. The van der Waals surface area contributed by atoms with Crippen molar-refractivity contribution in [3.63, 3.8) is 0 Å². The molecule has 0 spiro atoms. The van der Waals surface area contributed by atoms with Gasteiger partial charge in [-0.15, -0.1) is 0 Å². The zero-order valence-corrected chi connectivity index (χ0v) is 7.70. The molecule has 0 saturated heterocycles. The van der Waals surface area contributed by atoms with Gasteiger partial charge in [0.05, 0.1) is 5.03 Å². The van der Waals surface area contributed by atoms with E-state index in [4.69, 9.17) is 0 Å². The number of aryl methyl sites for hydroxylation is 1. The molecule has 0 aromatic carbocycles. The highest BCUT2D eigenvalue weighted by Crippen LogP contribution is 2.40. The van der Waals surface area contributed by atoms with Crippen LogP contribution in [-0.2, 0) is 0 Å². The second-order valence-electron chi connectivity index (χ2n) is 2.61. The van der Waals surface area contributed by atoms with Gasteiger partial charge in [-0.1, -0.05) is 12.2 Å². The smallest absolute Gasteiger partial charge is 0.116 e. The zero-order chi connectivity index (χ0) is 8.39. The van der Waals surface area contributed by atoms with Gasteiger partial charge in [-0.05, 0) is 23.8 Å². The Labute approximate surface area is 74.4 Å². The molecule has 1 aliphatic heterocycles. The fraction of sp³-hybridized carbons (Fsp3) is 0.111. The Balaban J connectivity index is 2.34. The number of nitrogens with zero attached hydrogens (tertiary/aromatic N) is 2. The Bertz CT molecular complexity index is 332. The summed E-state index contributed by atoms with van der Waals surface area (Å²) in [5.41, 5.74) is 1.04. The van der Waals surface area contributed by atoms with Crippen molar-refractivity contribution >= 4 is 10.9 Å². The van der Waals surface area contributed by atoms with Crippen molar-refractivity contribution in [2.45, 2.75) is 11.9 Å². The molecule has 0 aliphatic carbocycles. The Morgan fingerprint density at radius 1 is 1.17 bits per heavy atom. The van der Waals surface area contributed by atoms with E-state index >= 15 is 0 Å². The van der Waals surface area contributed by atoms with Gasteiger partial charge in [0.1, 0.15) is 6.33 Å². The summed E-state index contributed by atoms with van der Waals surface area (Å²) in [4.78, 5) is 8.30. The average molecular weight is 178 g/mol. The van der Waals surface area contributed by atoms with Gasteiger partial charge in [0.15, 0.2) is 0 Å². The summed E-state index contributed by atoms with van der Waals surface area (Å²) < 4.78 is 0. The third kappa shape index (κ3) is 1.41. The van der Waals surface area contributed by atoms with Crippen LogP contribution in [0.15, 0.2) is 40.4 Å². The number of rotatable bonds is 1. The lowest BCUT2D eigenvalue weighted by Gasteiger charge is -2.08. The van der Waals surface area contributed by atoms with E-state index in [2.05, 4.69) is 32.9 Å². The van der Waals surface area contributed by atoms with Crippen molar-refractivity contribution in [2.75, 3.05) is 0 Å². The fourth-order valence-electron chi connectivity index (χ4n) is 1.07. The SMILES string of the molecule is Cc1cc([SH]2C=CC=C2)ncn1. The number of allylic oxidation sites excluding steroid dienone is 2. The number of hydrogen-bond donors (Lipinski definition) is 1. The lowest BCUT2D eigenvalue weighted by atomic mass is 10.5. The van der Waals surface area contributed by atoms with Crippen LogP contribution in [0, 0.1) is 6.92 Å². The molecule has 12 heavy (non-hydrogen) atoms. The predicted octanol–water partition coefficient (Wildman–Crippen LogP) is 2.19. The lowest BCUT2D eigenvalue weighted by Crippen LogP contribution is -1.86. The van der Waals surface area contributed by atoms with Gasteiger partial charge in [-0.3, -0.25) is 0 Å². The van der Waals surface area contributed by atoms with Gasteiger partial charge in [0, 0.05) is 5.69 Å². The van der Waals surface area contributed by atoms with Crippen molar-refractivity contribution < 1.29 is 0 Å². The van der Waals surface area contributed by atoms with Crippen LogP contribution in [0.1, 0.15) is 5.69 Å². The molecule has 0 saturated carbocycles. The molecule has 62 valence electrons. The van der Waals surface area contributed by atoms with E-state index < -0.39 is 0 Å². The molecule has 3 heteroatoms. The molecule has 0 unspecified atom stereocenters. The van der Waals surface area contributed by atoms with Gasteiger partial charge in [0.2, 0.25) is 0 Å². The first-order valence-electron chi connectivity index (χ1n) is 3.78. The fourth-order valence-corrected chi connectivity index (χ4v) is 2.56. The van der Waals surface area contributed by atoms with Crippen LogP contribution in [-0.4, -0.2) is 9.97 Å². The number of thiol groups is 1. The summed E-state index contributed by atoms with van der Waals surface area (Å²) in [5.74, 6) is 0. The van der Waals surface area contributed by atoms with E-state index in [1.807, 2.05) is 13.0 Å². The Hall–Kier alpha value is -1.09. The maximum absolute atomic E-state index is 4.24. The van der Waals surface area contributed by atoms with Crippen LogP contribution in [0.5, 0.6) is 0 Å². The van der Waals surface area contributed by atoms with Crippen molar-refractivity contribution in [3.8, 4) is 0 Å². The molecule has 2 rings (SSSR count). The Morgan fingerprint density at radius 2 is 1.92 bits per heavy atom. The molecule has 1 aliphatic rings. The van der Waals surface area contributed by atoms with E-state index in [0.29, 0.717) is 0 Å². The molecule has 0 N–H and O–H groups in total. The maximum Gasteiger partial charge on any atom is 0.116 e. The molecule has 0 fully saturated rings. The molecule has 0 bridgehead atoms. The largest absolute Gasteiger partial charge is 0.242 e. The highest BCUT2D eigenvalue weighted by Gasteiger charge is 2.03. The summed E-state index contributed by atoms with van der Waals surface area (Å²) in [5, 5.41) is 5.52. The molecule has 0 atom stereocenters. The van der Waals surface area contributed by atoms with Crippen molar-refractivity contribution in [1.29, 1.82) is 0 Å². The maximum atomic E-state index is 4.24. The predicted molar refractivity (Wildman–Crippen MR) is 52.3 cm³/mol. The van der Waals surface area contributed by atoms with Gasteiger partial charge in [0.25, 0.3) is 0 Å². The van der Waals surface area contributed by atoms with Crippen LogP contribution in [0.3, 0.4) is 0 Å². The zero-order valence-electron chi connectivity index (χ0n) is 6.81. The van der Waals surface area contributed by atoms with Crippen LogP contribution in [0.2, 0.25) is 0 Å². The van der Waals surface area contributed by atoms with Crippen LogP contribution < -0.4 is 0 Å². The van der Waals surface area contributed by atoms with E-state index in [-0.39, 0.29) is 10.9 Å². The normalized spacial score (nSPS) is 17.2. The second-order valence-corrected chi connectivity index (χ2v) is 4.48. The highest BCUT2D eigenvalue weighted by molar-refractivity contribution is 8.22. The quantitative estimate of drug-likeness (QED) is 0.527. The van der Waals surface area contributed by atoms with Crippen LogP contribution >= 0.6 is 10.9 Å². The van der Waals surface area contributed by atoms with E-state index in [0.717, 1.165) is 10.7 Å². The molecular weight excluding hydrogens is 168 g/mol. The minimum absolute atomic E-state index is 0.269. The molecule has 2 nitrogen and oxygen atoms in total. The average Bonchev–Trinajstić information content (AvgIpc) is 2.56. The number of aromatic nitrogens is 2. The summed E-state index contributed by atoms with van der Waals surface area (Å²) in [6, 6.07) is 2.05. The van der Waals surface area contributed by atoms with E-state index in [1.165, 1.54) is 0 Å². The molecular formula is C9H10N2S. The third-order valence-corrected chi connectivity index (χ3v) is 3.42. The van der Waals surface area contributed by atoms with Gasteiger partial charge >= 0.3 is 0 Å². The summed E-state index contributed by atoms with van der Waals surface area (Å²) >= 11 is 0. The van der Waals surface area contributed by atoms with Crippen molar-refractivity contribution in [2.24, 2.45) is 0 Å². The molecule has 2 heterocycles. The van der Waals surface area contributed by atoms with Gasteiger partial charge < -0.3 is 0 Å². The molecule has 1 aromatic heterocycles. The minimum Gasteiger partial charge on any atom is -0.242 e. The second kappa shape index (κ2) is 3.11. The molecule has 0 amide bonds. The Morgan fingerprint density at radius 3 is 2.58 bits per heavy atom. The Kier molecular flexibility index (Phi) is 1.96. The first kappa shape index (κ1) is 7.55. The summed E-state index contributed by atoms with van der Waals surface area (Å²) in [6.45, 7) is 1.99. The van der Waals surface area contributed by atoms with Crippen LogP contribution in [0.25, 0.3) is 0 Å². The monoisotopic (exact) mass is 178 g/mol. The van der Waals surface area contributed by atoms with E-state index in [1.54, 1.807) is 6.33 Å².